The van der Waals surface area contributed by atoms with Crippen LogP contribution in [0, 0.1) is 18.6 Å². The molecule has 4 rings (SSSR count). The van der Waals surface area contributed by atoms with Gasteiger partial charge in [-0.25, -0.2) is 8.78 Å². The van der Waals surface area contributed by atoms with E-state index in [1.807, 2.05) is 6.92 Å². The maximum atomic E-state index is 14.5. The lowest BCUT2D eigenvalue weighted by Gasteiger charge is -2.24. The molecule has 1 N–H and O–H groups in total. The van der Waals surface area contributed by atoms with Crippen LogP contribution >= 0.6 is 11.3 Å². The van der Waals surface area contributed by atoms with Gasteiger partial charge in [0, 0.05) is 16.5 Å². The lowest BCUT2D eigenvalue weighted by atomic mass is 9.99. The second-order valence-electron chi connectivity index (χ2n) is 6.65. The van der Waals surface area contributed by atoms with Crippen molar-refractivity contribution in [2.75, 3.05) is 4.90 Å². The van der Waals surface area contributed by atoms with E-state index in [2.05, 4.69) is 0 Å². The number of thiophene rings is 1. The molecule has 146 valence electrons. The number of hydrogen-bond donors (Lipinski definition) is 1. The fourth-order valence-corrected chi connectivity index (χ4v) is 4.16. The molecule has 1 aliphatic heterocycles. The van der Waals surface area contributed by atoms with Gasteiger partial charge in [0.1, 0.15) is 23.4 Å². The zero-order chi connectivity index (χ0) is 20.7. The molecule has 0 radical (unpaired) electrons. The molecule has 1 amide bonds. The number of hydrogen-bond acceptors (Lipinski definition) is 4. The van der Waals surface area contributed by atoms with Crippen LogP contribution < -0.4 is 4.90 Å². The maximum Gasteiger partial charge on any atom is 0.300 e. The van der Waals surface area contributed by atoms with Crippen LogP contribution in [0.15, 0.2) is 65.6 Å². The normalized spacial score (nSPS) is 18.4. The van der Waals surface area contributed by atoms with E-state index in [4.69, 9.17) is 0 Å². The predicted octanol–water partition coefficient (Wildman–Crippen LogP) is 4.96. The monoisotopic (exact) mass is 411 g/mol. The first-order valence-corrected chi connectivity index (χ1v) is 9.63. The number of nitrogens with zero attached hydrogens (tertiary/aromatic N) is 1. The Morgan fingerprint density at radius 3 is 2.45 bits per heavy atom. The highest BCUT2D eigenvalue weighted by atomic mass is 32.1. The number of aliphatic hydroxyl groups is 1. The Hall–Kier alpha value is -3.32. The summed E-state index contributed by atoms with van der Waals surface area (Å²) < 4.78 is 28.3. The van der Waals surface area contributed by atoms with Crippen molar-refractivity contribution in [3.05, 3.63) is 93.2 Å². The van der Waals surface area contributed by atoms with Gasteiger partial charge in [-0.05, 0) is 30.5 Å². The van der Waals surface area contributed by atoms with Gasteiger partial charge in [0.05, 0.1) is 11.3 Å². The fraction of sp³-hybridized carbons (Fsp3) is 0.0909. The van der Waals surface area contributed by atoms with Crippen molar-refractivity contribution in [2.24, 2.45) is 0 Å². The smallest absolute Gasteiger partial charge is 0.300 e. The van der Waals surface area contributed by atoms with E-state index in [0.717, 1.165) is 28.7 Å². The van der Waals surface area contributed by atoms with Crippen molar-refractivity contribution >= 4 is 34.5 Å². The molecule has 29 heavy (non-hydrogen) atoms. The molecular weight excluding hydrogens is 396 g/mol. The van der Waals surface area contributed by atoms with Gasteiger partial charge in [0.15, 0.2) is 0 Å². The van der Waals surface area contributed by atoms with E-state index in [-0.39, 0.29) is 17.0 Å². The summed E-state index contributed by atoms with van der Waals surface area (Å²) >= 11 is 1.24. The van der Waals surface area contributed by atoms with Crippen LogP contribution in [0.5, 0.6) is 0 Å². The van der Waals surface area contributed by atoms with Gasteiger partial charge in [0.25, 0.3) is 11.7 Å². The van der Waals surface area contributed by atoms with E-state index in [1.165, 1.54) is 11.3 Å². The molecule has 3 aromatic rings. The number of carbonyl (C=O) groups excluding carboxylic acids is 2. The number of benzene rings is 2. The molecule has 7 heteroatoms. The van der Waals surface area contributed by atoms with Gasteiger partial charge in [0.2, 0.25) is 0 Å². The summed E-state index contributed by atoms with van der Waals surface area (Å²) in [7, 11) is 0. The third-order valence-electron chi connectivity index (χ3n) is 4.75. The number of carbonyl (C=O) groups is 2. The number of Topliss-reactive ketones (excluding diaryl/α,β-unsaturated/α-hetero) is 1. The Labute approximate surface area is 169 Å². The van der Waals surface area contributed by atoms with E-state index in [0.29, 0.717) is 10.4 Å². The standard InChI is InChI=1S/C22H15F2NO3S/c1-12-4-6-13(7-5-12)20(26)18-19(17-3-2-10-29-17)25(22(28)21(18)27)16-11-14(23)8-9-15(16)24/h2-11,19,26H,1H3/b20-18-. The number of aryl methyl sites for hydroxylation is 1. The number of anilines is 1. The molecule has 1 aliphatic rings. The summed E-state index contributed by atoms with van der Waals surface area (Å²) in [6.07, 6.45) is 0. The van der Waals surface area contributed by atoms with Gasteiger partial charge in [-0.1, -0.05) is 35.9 Å². The minimum atomic E-state index is -1.06. The molecule has 1 atom stereocenters. The first-order valence-electron chi connectivity index (χ1n) is 8.75. The van der Waals surface area contributed by atoms with E-state index in [9.17, 15) is 23.5 Å². The molecule has 1 aromatic heterocycles. The summed E-state index contributed by atoms with van der Waals surface area (Å²) in [5.41, 5.74) is 0.798. The van der Waals surface area contributed by atoms with E-state index < -0.39 is 29.4 Å². The van der Waals surface area contributed by atoms with Crippen LogP contribution in [0.2, 0.25) is 0 Å². The first kappa shape index (κ1) is 19.0. The van der Waals surface area contributed by atoms with Crippen LogP contribution in [0.4, 0.5) is 14.5 Å². The molecule has 4 nitrogen and oxygen atoms in total. The minimum absolute atomic E-state index is 0.162. The highest BCUT2D eigenvalue weighted by Gasteiger charge is 2.48. The SMILES string of the molecule is Cc1ccc(/C(O)=C2/C(=O)C(=O)N(c3cc(F)ccc3F)C2c2cccs2)cc1. The van der Waals surface area contributed by atoms with Gasteiger partial charge in [-0.3, -0.25) is 14.5 Å². The van der Waals surface area contributed by atoms with Crippen LogP contribution in [-0.4, -0.2) is 16.8 Å². The minimum Gasteiger partial charge on any atom is -0.507 e. The summed E-state index contributed by atoms with van der Waals surface area (Å²) in [5, 5.41) is 12.6. The molecule has 1 fully saturated rings. The molecule has 0 spiro atoms. The Morgan fingerprint density at radius 1 is 1.07 bits per heavy atom. The van der Waals surface area contributed by atoms with Crippen molar-refractivity contribution in [1.29, 1.82) is 0 Å². The summed E-state index contributed by atoms with van der Waals surface area (Å²) in [5.74, 6) is -3.93. The zero-order valence-corrected chi connectivity index (χ0v) is 16.0. The quantitative estimate of drug-likeness (QED) is 0.376. The average molecular weight is 411 g/mol. The van der Waals surface area contributed by atoms with Crippen LogP contribution in [0.25, 0.3) is 5.76 Å². The molecule has 0 aliphatic carbocycles. The Kier molecular flexibility index (Phi) is 4.76. The predicted molar refractivity (Wildman–Crippen MR) is 107 cm³/mol. The number of ketones is 1. The topological polar surface area (TPSA) is 57.6 Å². The molecule has 0 bridgehead atoms. The van der Waals surface area contributed by atoms with Crippen LogP contribution in [0.1, 0.15) is 22.0 Å². The van der Waals surface area contributed by atoms with Gasteiger partial charge >= 0.3 is 0 Å². The van der Waals surface area contributed by atoms with Crippen molar-refractivity contribution < 1.29 is 23.5 Å². The molecule has 0 saturated carbocycles. The Morgan fingerprint density at radius 2 is 1.79 bits per heavy atom. The van der Waals surface area contributed by atoms with Crippen LogP contribution in [-0.2, 0) is 9.59 Å². The number of rotatable bonds is 3. The Balaban J connectivity index is 1.95. The largest absolute Gasteiger partial charge is 0.507 e. The molecule has 1 saturated heterocycles. The van der Waals surface area contributed by atoms with E-state index in [1.54, 1.807) is 41.8 Å². The molecule has 2 heterocycles. The number of aliphatic hydroxyl groups excluding tert-OH is 1. The van der Waals surface area contributed by atoms with Crippen molar-refractivity contribution in [1.82, 2.24) is 0 Å². The molecular formula is C22H15F2NO3S. The zero-order valence-electron chi connectivity index (χ0n) is 15.2. The Bertz CT molecular complexity index is 1140. The number of halogens is 2. The van der Waals surface area contributed by atoms with Crippen molar-refractivity contribution in [2.45, 2.75) is 13.0 Å². The average Bonchev–Trinajstić information content (AvgIpc) is 3.31. The third kappa shape index (κ3) is 3.23. The second-order valence-corrected chi connectivity index (χ2v) is 7.63. The highest BCUT2D eigenvalue weighted by Crippen LogP contribution is 2.44. The van der Waals surface area contributed by atoms with Crippen LogP contribution in [0.3, 0.4) is 0 Å². The highest BCUT2D eigenvalue weighted by molar-refractivity contribution is 7.10. The summed E-state index contributed by atoms with van der Waals surface area (Å²) in [6, 6.07) is 11.8. The van der Waals surface area contributed by atoms with Gasteiger partial charge in [-0.15, -0.1) is 11.3 Å². The first-order chi connectivity index (χ1) is 13.9. The van der Waals surface area contributed by atoms with E-state index >= 15 is 0 Å². The van der Waals surface area contributed by atoms with Gasteiger partial charge in [-0.2, -0.15) is 0 Å². The van der Waals surface area contributed by atoms with Crippen molar-refractivity contribution in [3.63, 3.8) is 0 Å². The van der Waals surface area contributed by atoms with Gasteiger partial charge < -0.3 is 5.11 Å². The maximum absolute atomic E-state index is 14.5. The van der Waals surface area contributed by atoms with Crippen molar-refractivity contribution in [3.8, 4) is 0 Å². The lowest BCUT2D eigenvalue weighted by Crippen LogP contribution is -2.30. The number of amides is 1. The third-order valence-corrected chi connectivity index (χ3v) is 5.67. The lowest BCUT2D eigenvalue weighted by molar-refractivity contribution is -0.132. The fourth-order valence-electron chi connectivity index (χ4n) is 3.33. The summed E-state index contributed by atoms with van der Waals surface area (Å²) in [4.78, 5) is 27.1. The summed E-state index contributed by atoms with van der Waals surface area (Å²) in [6.45, 7) is 1.88. The molecule has 1 unspecified atom stereocenters. The molecule has 2 aromatic carbocycles. The second kappa shape index (κ2) is 7.25.